The topological polar surface area (TPSA) is 92.2 Å². The first-order valence-electron chi connectivity index (χ1n) is 1.85. The summed E-state index contributed by atoms with van der Waals surface area (Å²) >= 11 is 0. The van der Waals surface area contributed by atoms with Crippen LogP contribution < -0.4 is 46.1 Å². The number of carboxylic acids is 1. The second-order valence-electron chi connectivity index (χ2n) is 1.16. The summed E-state index contributed by atoms with van der Waals surface area (Å²) in [6, 6.07) is -1.01. The molecule has 42 valence electrons. The van der Waals surface area contributed by atoms with Gasteiger partial charge in [-0.05, 0) is 0 Å². The predicted octanol–water partition coefficient (Wildman–Crippen LogP) is -5.97. The van der Waals surface area contributed by atoms with Crippen LogP contribution in [0.2, 0.25) is 0 Å². The van der Waals surface area contributed by atoms with Crippen LogP contribution in [0, 0.1) is 0 Å². The van der Waals surface area contributed by atoms with Crippen LogP contribution in [-0.4, -0.2) is 18.6 Å². The Morgan fingerprint density at radius 3 is 2.12 bits per heavy atom. The van der Waals surface area contributed by atoms with Crippen LogP contribution in [0.15, 0.2) is 0 Å². The molecule has 0 bridgehead atoms. The first-order chi connectivity index (χ1) is 3.18. The van der Waals surface area contributed by atoms with Crippen LogP contribution in [0.3, 0.4) is 0 Å². The van der Waals surface area contributed by atoms with E-state index in [0.717, 1.165) is 0 Å². The molecule has 0 heterocycles. The molecule has 0 aliphatic heterocycles. The fraction of sp³-hybridized carbons (Fsp3) is 0.667. The van der Waals surface area contributed by atoms with Crippen molar-refractivity contribution >= 4 is 5.97 Å². The van der Waals surface area contributed by atoms with E-state index in [-0.39, 0.29) is 36.1 Å². The second-order valence-corrected chi connectivity index (χ2v) is 1.16. The number of hydrogen-bond acceptors (Lipinski definition) is 4. The van der Waals surface area contributed by atoms with Crippen LogP contribution in [-0.2, 0) is 4.79 Å². The number of carbonyl (C=O) groups excluding carboxylic acids is 1. The van der Waals surface area contributed by atoms with E-state index in [4.69, 9.17) is 11.5 Å². The molecule has 0 saturated heterocycles. The Morgan fingerprint density at radius 1 is 1.75 bits per heavy atom. The van der Waals surface area contributed by atoms with Gasteiger partial charge in [0.15, 0.2) is 0 Å². The van der Waals surface area contributed by atoms with E-state index in [1.54, 1.807) is 0 Å². The Morgan fingerprint density at radius 2 is 2.12 bits per heavy atom. The third-order valence-corrected chi connectivity index (χ3v) is 0.557. The van der Waals surface area contributed by atoms with Gasteiger partial charge in [-0.25, -0.2) is 0 Å². The van der Waals surface area contributed by atoms with Crippen molar-refractivity contribution in [3.05, 3.63) is 0 Å². The van der Waals surface area contributed by atoms with E-state index in [2.05, 4.69) is 0 Å². The van der Waals surface area contributed by atoms with Crippen molar-refractivity contribution in [1.29, 1.82) is 0 Å². The molecule has 0 amide bonds. The summed E-state index contributed by atoms with van der Waals surface area (Å²) in [5.74, 6) is -1.30. The maximum absolute atomic E-state index is 9.61. The van der Waals surface area contributed by atoms with Gasteiger partial charge in [0.25, 0.3) is 0 Å². The maximum Gasteiger partial charge on any atom is 1.00 e. The number of rotatable bonds is 2. The van der Waals surface area contributed by atoms with Crippen molar-refractivity contribution in [2.45, 2.75) is 6.04 Å². The molecule has 0 aromatic carbocycles. The Balaban J connectivity index is 0. The van der Waals surface area contributed by atoms with Gasteiger partial charge in [0, 0.05) is 6.54 Å². The Bertz CT molecular complexity index is 77.7. The summed E-state index contributed by atoms with van der Waals surface area (Å²) in [7, 11) is 0. The van der Waals surface area contributed by atoms with Crippen molar-refractivity contribution in [3.63, 3.8) is 0 Å². The van der Waals surface area contributed by atoms with Crippen LogP contribution in [0.1, 0.15) is 0 Å². The molecule has 4 N–H and O–H groups in total. The normalized spacial score (nSPS) is 11.8. The van der Waals surface area contributed by atoms with E-state index in [0.29, 0.717) is 0 Å². The monoisotopic (exact) mass is 126 g/mol. The first-order valence-corrected chi connectivity index (χ1v) is 1.85. The van der Waals surface area contributed by atoms with Crippen molar-refractivity contribution in [1.82, 2.24) is 0 Å². The molecule has 5 heteroatoms. The van der Waals surface area contributed by atoms with Gasteiger partial charge in [-0.3, -0.25) is 0 Å². The molecular formula is C3H7N2NaO2. The molecule has 0 fully saturated rings. The SMILES string of the molecule is NC[C@H](N)C(=O)[O-].[Na+]. The Hall–Kier alpha value is 0.390. The number of carbonyl (C=O) groups is 1. The van der Waals surface area contributed by atoms with Crippen molar-refractivity contribution < 1.29 is 39.5 Å². The summed E-state index contributed by atoms with van der Waals surface area (Å²) < 4.78 is 0. The van der Waals surface area contributed by atoms with Gasteiger partial charge in [-0.2, -0.15) is 0 Å². The molecular weight excluding hydrogens is 119 g/mol. The zero-order chi connectivity index (χ0) is 5.86. The van der Waals surface area contributed by atoms with Crippen LogP contribution in [0.4, 0.5) is 0 Å². The quantitative estimate of drug-likeness (QED) is 0.360. The van der Waals surface area contributed by atoms with Crippen molar-refractivity contribution in [3.8, 4) is 0 Å². The average molecular weight is 126 g/mol. The molecule has 0 aromatic rings. The summed E-state index contributed by atoms with van der Waals surface area (Å²) in [6.45, 7) is -0.0671. The van der Waals surface area contributed by atoms with E-state index in [1.807, 2.05) is 0 Å². The van der Waals surface area contributed by atoms with Crippen LogP contribution in [0.5, 0.6) is 0 Å². The molecule has 0 aliphatic carbocycles. The third kappa shape index (κ3) is 4.55. The maximum atomic E-state index is 9.61. The smallest absolute Gasteiger partial charge is 0.548 e. The summed E-state index contributed by atoms with van der Waals surface area (Å²) in [5.41, 5.74) is 9.66. The zero-order valence-corrected chi connectivity index (χ0v) is 6.76. The Kier molecular flexibility index (Phi) is 7.75. The van der Waals surface area contributed by atoms with E-state index < -0.39 is 12.0 Å². The molecule has 0 saturated carbocycles. The van der Waals surface area contributed by atoms with E-state index in [9.17, 15) is 9.90 Å². The predicted molar refractivity (Wildman–Crippen MR) is 22.0 cm³/mol. The zero-order valence-electron chi connectivity index (χ0n) is 4.76. The van der Waals surface area contributed by atoms with Gasteiger partial charge >= 0.3 is 29.6 Å². The molecule has 0 radical (unpaired) electrons. The fourth-order valence-electron chi connectivity index (χ4n) is 0.0962. The van der Waals surface area contributed by atoms with Gasteiger partial charge in [0.1, 0.15) is 0 Å². The van der Waals surface area contributed by atoms with E-state index >= 15 is 0 Å². The van der Waals surface area contributed by atoms with Crippen LogP contribution >= 0.6 is 0 Å². The number of aliphatic carboxylic acids is 1. The molecule has 0 spiro atoms. The molecule has 0 unspecified atom stereocenters. The Labute approximate surface area is 69.5 Å². The molecule has 0 aromatic heterocycles. The van der Waals surface area contributed by atoms with Gasteiger partial charge < -0.3 is 21.4 Å². The van der Waals surface area contributed by atoms with Crippen LogP contribution in [0.25, 0.3) is 0 Å². The second kappa shape index (κ2) is 5.53. The minimum absolute atomic E-state index is 0. The van der Waals surface area contributed by atoms with Gasteiger partial charge in [-0.1, -0.05) is 0 Å². The average Bonchev–Trinajstić information content (AvgIpc) is 1.65. The fourth-order valence-corrected chi connectivity index (χ4v) is 0.0962. The summed E-state index contributed by atoms with van der Waals surface area (Å²) in [5, 5.41) is 9.61. The molecule has 0 aliphatic rings. The molecule has 1 atom stereocenters. The number of nitrogens with two attached hydrogens (primary N) is 2. The molecule has 8 heavy (non-hydrogen) atoms. The third-order valence-electron chi connectivity index (χ3n) is 0.557. The van der Waals surface area contributed by atoms with Gasteiger partial charge in [0.2, 0.25) is 0 Å². The minimum Gasteiger partial charge on any atom is -0.548 e. The molecule has 4 nitrogen and oxygen atoms in total. The minimum atomic E-state index is -1.30. The van der Waals surface area contributed by atoms with E-state index in [1.165, 1.54) is 0 Å². The first kappa shape index (κ1) is 11.2. The largest absolute Gasteiger partial charge is 1.00 e. The summed E-state index contributed by atoms with van der Waals surface area (Å²) in [4.78, 5) is 9.61. The standard InChI is InChI=1S/C3H8N2O2.Na/c4-1-2(5)3(6)7;/h2H,1,4-5H2,(H,6,7);/q;+1/p-1/t2-;/m0./s1. The molecule has 0 rings (SSSR count). The number of carboxylic acid groups (broad SMARTS) is 1. The van der Waals surface area contributed by atoms with Gasteiger partial charge in [-0.15, -0.1) is 0 Å². The van der Waals surface area contributed by atoms with Crippen molar-refractivity contribution in [2.24, 2.45) is 11.5 Å². The van der Waals surface area contributed by atoms with Gasteiger partial charge in [0.05, 0.1) is 12.0 Å². The number of hydrogen-bond donors (Lipinski definition) is 2. The van der Waals surface area contributed by atoms with Crippen molar-refractivity contribution in [2.75, 3.05) is 6.54 Å². The summed E-state index contributed by atoms with van der Waals surface area (Å²) in [6.07, 6.45) is 0.